The van der Waals surface area contributed by atoms with Crippen LogP contribution in [0.25, 0.3) is 17.2 Å². The first-order chi connectivity index (χ1) is 9.75. The van der Waals surface area contributed by atoms with Crippen molar-refractivity contribution in [3.05, 3.63) is 66.6 Å². The summed E-state index contributed by atoms with van der Waals surface area (Å²) in [6.07, 6.45) is 3.14. The van der Waals surface area contributed by atoms with Crippen LogP contribution >= 0.6 is 0 Å². The first-order valence-electron chi connectivity index (χ1n) is 6.05. The molecule has 0 amide bonds. The smallest absolute Gasteiger partial charge is 0.356 e. The lowest BCUT2D eigenvalue weighted by atomic mass is 10.2. The van der Waals surface area contributed by atoms with E-state index < -0.39 is 5.97 Å². The Bertz CT molecular complexity index is 679. The number of hydrogen-bond donors (Lipinski definition) is 1. The van der Waals surface area contributed by atoms with Crippen LogP contribution in [0.5, 0.6) is 0 Å². The van der Waals surface area contributed by atoms with Gasteiger partial charge in [-0.1, -0.05) is 36.4 Å². The molecule has 5 heteroatoms. The van der Waals surface area contributed by atoms with Crippen molar-refractivity contribution in [3.63, 3.8) is 0 Å². The standard InChI is InChI=1S/C15H11N3O2/c19-15(20)12-10-18(13-8-4-5-9-16-13)14(17-12)11-6-2-1-3-7-11/h1-10H,(H,19,20). The van der Waals surface area contributed by atoms with Crippen molar-refractivity contribution in [3.8, 4) is 17.2 Å². The third-order valence-electron chi connectivity index (χ3n) is 2.85. The summed E-state index contributed by atoms with van der Waals surface area (Å²) in [6.45, 7) is 0. The maximum absolute atomic E-state index is 11.1. The molecule has 20 heavy (non-hydrogen) atoms. The van der Waals surface area contributed by atoms with Crippen molar-refractivity contribution in [2.45, 2.75) is 0 Å². The normalized spacial score (nSPS) is 10.4. The molecule has 2 heterocycles. The maximum Gasteiger partial charge on any atom is 0.356 e. The van der Waals surface area contributed by atoms with Gasteiger partial charge in [-0.25, -0.2) is 14.8 Å². The molecule has 98 valence electrons. The minimum Gasteiger partial charge on any atom is -0.476 e. The van der Waals surface area contributed by atoms with Gasteiger partial charge in [-0.15, -0.1) is 0 Å². The summed E-state index contributed by atoms with van der Waals surface area (Å²) in [6, 6.07) is 14.9. The highest BCUT2D eigenvalue weighted by molar-refractivity contribution is 5.86. The minimum atomic E-state index is -1.06. The van der Waals surface area contributed by atoms with Gasteiger partial charge >= 0.3 is 5.97 Å². The van der Waals surface area contributed by atoms with Gasteiger partial charge in [0.25, 0.3) is 0 Å². The number of pyridine rings is 1. The van der Waals surface area contributed by atoms with E-state index in [4.69, 9.17) is 5.11 Å². The van der Waals surface area contributed by atoms with E-state index in [-0.39, 0.29) is 5.69 Å². The third kappa shape index (κ3) is 2.16. The van der Waals surface area contributed by atoms with Gasteiger partial charge in [-0.3, -0.25) is 4.57 Å². The molecule has 3 rings (SSSR count). The number of aromatic carboxylic acids is 1. The number of carboxylic acid groups (broad SMARTS) is 1. The first kappa shape index (κ1) is 12.1. The van der Waals surface area contributed by atoms with E-state index >= 15 is 0 Å². The molecular formula is C15H11N3O2. The maximum atomic E-state index is 11.1. The van der Waals surface area contributed by atoms with Crippen LogP contribution in [0.1, 0.15) is 10.5 Å². The van der Waals surface area contributed by atoms with Gasteiger partial charge in [0, 0.05) is 18.0 Å². The number of benzene rings is 1. The van der Waals surface area contributed by atoms with Crippen molar-refractivity contribution in [2.75, 3.05) is 0 Å². The molecule has 0 saturated heterocycles. The lowest BCUT2D eigenvalue weighted by Gasteiger charge is -2.06. The van der Waals surface area contributed by atoms with Gasteiger partial charge in [-0.05, 0) is 12.1 Å². The number of imidazole rings is 1. The fraction of sp³-hybridized carbons (Fsp3) is 0. The van der Waals surface area contributed by atoms with E-state index in [1.54, 1.807) is 22.9 Å². The predicted octanol–water partition coefficient (Wildman–Crippen LogP) is 2.63. The number of nitrogens with zero attached hydrogens (tertiary/aromatic N) is 3. The Kier molecular flexibility index (Phi) is 3.01. The fourth-order valence-corrected chi connectivity index (χ4v) is 1.95. The summed E-state index contributed by atoms with van der Waals surface area (Å²) in [5.41, 5.74) is 0.833. The minimum absolute atomic E-state index is 0.00509. The summed E-state index contributed by atoms with van der Waals surface area (Å²) in [5.74, 6) is 0.130. The zero-order valence-electron chi connectivity index (χ0n) is 10.5. The van der Waals surface area contributed by atoms with E-state index in [1.165, 1.54) is 6.20 Å². The quantitative estimate of drug-likeness (QED) is 0.790. The first-order valence-corrected chi connectivity index (χ1v) is 6.05. The fourth-order valence-electron chi connectivity index (χ4n) is 1.95. The lowest BCUT2D eigenvalue weighted by molar-refractivity contribution is 0.0691. The summed E-state index contributed by atoms with van der Waals surface area (Å²) < 4.78 is 1.68. The molecule has 0 radical (unpaired) electrons. The molecule has 1 aromatic carbocycles. The second-order valence-corrected chi connectivity index (χ2v) is 4.18. The molecule has 0 unspecified atom stereocenters. The second kappa shape index (κ2) is 4.97. The van der Waals surface area contributed by atoms with Crippen LogP contribution in [-0.4, -0.2) is 25.6 Å². The lowest BCUT2D eigenvalue weighted by Crippen LogP contribution is -1.98. The highest BCUT2D eigenvalue weighted by Crippen LogP contribution is 2.21. The van der Waals surface area contributed by atoms with E-state index in [0.29, 0.717) is 11.6 Å². The van der Waals surface area contributed by atoms with Gasteiger partial charge in [0.1, 0.15) is 11.6 Å². The molecule has 1 N–H and O–H groups in total. The van der Waals surface area contributed by atoms with Crippen molar-refractivity contribution >= 4 is 5.97 Å². The van der Waals surface area contributed by atoms with Crippen molar-refractivity contribution in [2.24, 2.45) is 0 Å². The van der Waals surface area contributed by atoms with Crippen molar-refractivity contribution < 1.29 is 9.90 Å². The molecule has 0 aliphatic rings. The highest BCUT2D eigenvalue weighted by Gasteiger charge is 2.15. The zero-order chi connectivity index (χ0) is 13.9. The summed E-state index contributed by atoms with van der Waals surface area (Å²) >= 11 is 0. The molecule has 2 aromatic heterocycles. The molecule has 3 aromatic rings. The Morgan fingerprint density at radius 2 is 1.80 bits per heavy atom. The van der Waals surface area contributed by atoms with E-state index in [1.807, 2.05) is 36.4 Å². The number of hydrogen-bond acceptors (Lipinski definition) is 3. The number of carboxylic acids is 1. The summed E-state index contributed by atoms with van der Waals surface area (Å²) in [7, 11) is 0. The second-order valence-electron chi connectivity index (χ2n) is 4.18. The van der Waals surface area contributed by atoms with Crippen LogP contribution in [-0.2, 0) is 0 Å². The third-order valence-corrected chi connectivity index (χ3v) is 2.85. The molecule has 0 spiro atoms. The predicted molar refractivity (Wildman–Crippen MR) is 73.8 cm³/mol. The number of rotatable bonds is 3. The molecule has 5 nitrogen and oxygen atoms in total. The summed E-state index contributed by atoms with van der Waals surface area (Å²) in [5, 5.41) is 9.12. The number of carbonyl (C=O) groups is 1. The van der Waals surface area contributed by atoms with E-state index in [0.717, 1.165) is 5.56 Å². The average Bonchev–Trinajstić information content (AvgIpc) is 2.94. The van der Waals surface area contributed by atoms with Crippen molar-refractivity contribution in [1.82, 2.24) is 14.5 Å². The Hall–Kier alpha value is -2.95. The van der Waals surface area contributed by atoms with Gasteiger partial charge in [0.2, 0.25) is 0 Å². The average molecular weight is 265 g/mol. The number of aromatic nitrogens is 3. The monoisotopic (exact) mass is 265 g/mol. The molecule has 0 aliphatic carbocycles. The highest BCUT2D eigenvalue weighted by atomic mass is 16.4. The molecule has 0 saturated carbocycles. The van der Waals surface area contributed by atoms with Gasteiger partial charge < -0.3 is 5.11 Å². The Morgan fingerprint density at radius 1 is 1.05 bits per heavy atom. The van der Waals surface area contributed by atoms with Gasteiger partial charge in [0.15, 0.2) is 5.69 Å². The van der Waals surface area contributed by atoms with E-state index in [2.05, 4.69) is 9.97 Å². The molecule has 0 fully saturated rings. The van der Waals surface area contributed by atoms with Crippen LogP contribution in [0, 0.1) is 0 Å². The molecule has 0 atom stereocenters. The topological polar surface area (TPSA) is 68.0 Å². The Balaban J connectivity index is 2.20. The van der Waals surface area contributed by atoms with Crippen LogP contribution in [0.2, 0.25) is 0 Å². The van der Waals surface area contributed by atoms with Gasteiger partial charge in [0.05, 0.1) is 0 Å². The van der Waals surface area contributed by atoms with Crippen LogP contribution in [0.15, 0.2) is 60.9 Å². The van der Waals surface area contributed by atoms with Crippen LogP contribution in [0.4, 0.5) is 0 Å². The largest absolute Gasteiger partial charge is 0.476 e. The van der Waals surface area contributed by atoms with Gasteiger partial charge in [-0.2, -0.15) is 0 Å². The molecular weight excluding hydrogens is 254 g/mol. The SMILES string of the molecule is O=C(O)c1cn(-c2ccccn2)c(-c2ccccc2)n1. The van der Waals surface area contributed by atoms with Crippen LogP contribution in [0.3, 0.4) is 0 Å². The zero-order valence-corrected chi connectivity index (χ0v) is 10.5. The van der Waals surface area contributed by atoms with E-state index in [9.17, 15) is 4.79 Å². The Morgan fingerprint density at radius 3 is 2.45 bits per heavy atom. The van der Waals surface area contributed by atoms with Crippen LogP contribution < -0.4 is 0 Å². The Labute approximate surface area is 115 Å². The van der Waals surface area contributed by atoms with Crippen molar-refractivity contribution in [1.29, 1.82) is 0 Å². The molecule has 0 bridgehead atoms. The summed E-state index contributed by atoms with van der Waals surface area (Å²) in [4.78, 5) is 19.6. The molecule has 0 aliphatic heterocycles.